The molecule has 1 saturated heterocycles. The van der Waals surface area contributed by atoms with Crippen LogP contribution in [0.4, 0.5) is 0 Å². The molecule has 0 aromatic heterocycles. The maximum atomic E-state index is 5.84. The summed E-state index contributed by atoms with van der Waals surface area (Å²) in [6.07, 6.45) is 8.14. The fourth-order valence-electron chi connectivity index (χ4n) is 1.89. The molecule has 0 radical (unpaired) electrons. The molecule has 0 spiro atoms. The molecule has 0 amide bonds. The number of unbranched alkanes of at least 4 members (excludes halogenated alkanes) is 2. The maximum Gasteiger partial charge on any atom is 0.0864 e. The van der Waals surface area contributed by atoms with E-state index < -0.39 is 0 Å². The quantitative estimate of drug-likeness (QED) is 0.470. The second kappa shape index (κ2) is 8.74. The summed E-state index contributed by atoms with van der Waals surface area (Å²) in [4.78, 5) is 5.48. The van der Waals surface area contributed by atoms with Gasteiger partial charge >= 0.3 is 0 Å². The monoisotopic (exact) mass is 227 g/mol. The van der Waals surface area contributed by atoms with Gasteiger partial charge in [-0.3, -0.25) is 4.84 Å². The van der Waals surface area contributed by atoms with Crippen LogP contribution in [-0.4, -0.2) is 37.5 Å². The molecule has 3 nitrogen and oxygen atoms in total. The zero-order valence-electron chi connectivity index (χ0n) is 10.5. The van der Waals surface area contributed by atoms with E-state index in [4.69, 9.17) is 9.57 Å². The van der Waals surface area contributed by atoms with Gasteiger partial charge < -0.3 is 4.74 Å². The van der Waals surface area contributed by atoms with E-state index in [2.05, 4.69) is 13.5 Å². The van der Waals surface area contributed by atoms with E-state index in [0.717, 1.165) is 32.5 Å². The van der Waals surface area contributed by atoms with Crippen molar-refractivity contribution in [3.8, 4) is 0 Å². The first-order valence-electron chi connectivity index (χ1n) is 6.47. The zero-order valence-corrected chi connectivity index (χ0v) is 10.5. The topological polar surface area (TPSA) is 21.7 Å². The van der Waals surface area contributed by atoms with Crippen LogP contribution >= 0.6 is 0 Å². The third kappa shape index (κ3) is 5.64. The van der Waals surface area contributed by atoms with E-state index in [1.165, 1.54) is 19.3 Å². The molecular formula is C13H25NO2. The van der Waals surface area contributed by atoms with Crippen molar-refractivity contribution in [2.75, 3.05) is 26.3 Å². The van der Waals surface area contributed by atoms with Gasteiger partial charge in [0.1, 0.15) is 0 Å². The summed E-state index contributed by atoms with van der Waals surface area (Å²) in [7, 11) is 0. The van der Waals surface area contributed by atoms with Gasteiger partial charge in [0.25, 0.3) is 0 Å². The molecule has 0 aromatic carbocycles. The van der Waals surface area contributed by atoms with Gasteiger partial charge in [-0.05, 0) is 19.3 Å². The first kappa shape index (κ1) is 13.7. The van der Waals surface area contributed by atoms with Gasteiger partial charge in [-0.15, -0.1) is 6.58 Å². The summed E-state index contributed by atoms with van der Waals surface area (Å²) in [6.45, 7) is 9.35. The lowest BCUT2D eigenvalue weighted by Crippen LogP contribution is -2.37. The normalized spacial score (nSPS) is 18.8. The van der Waals surface area contributed by atoms with Crippen LogP contribution in [0.2, 0.25) is 0 Å². The van der Waals surface area contributed by atoms with Gasteiger partial charge in [0.15, 0.2) is 0 Å². The van der Waals surface area contributed by atoms with Crippen molar-refractivity contribution in [2.24, 2.45) is 0 Å². The highest BCUT2D eigenvalue weighted by Crippen LogP contribution is 2.14. The molecule has 1 heterocycles. The third-order valence-corrected chi connectivity index (χ3v) is 2.88. The minimum atomic E-state index is 0.445. The van der Waals surface area contributed by atoms with E-state index in [-0.39, 0.29) is 0 Å². The van der Waals surface area contributed by atoms with Crippen molar-refractivity contribution in [2.45, 2.75) is 45.1 Å². The van der Waals surface area contributed by atoms with Crippen molar-refractivity contribution in [1.29, 1.82) is 0 Å². The summed E-state index contributed by atoms with van der Waals surface area (Å²) in [5.74, 6) is 0. The number of hydrogen-bond acceptors (Lipinski definition) is 3. The van der Waals surface area contributed by atoms with Crippen molar-refractivity contribution in [3.05, 3.63) is 12.7 Å². The predicted octanol–water partition coefficient (Wildman–Crippen LogP) is 2.78. The number of hydrogen-bond donors (Lipinski definition) is 0. The summed E-state index contributed by atoms with van der Waals surface area (Å²) in [5, 5.41) is 2.02. The Balaban J connectivity index is 2.00. The molecule has 94 valence electrons. The predicted molar refractivity (Wildman–Crippen MR) is 66.2 cm³/mol. The lowest BCUT2D eigenvalue weighted by atomic mass is 10.1. The van der Waals surface area contributed by atoms with Crippen LogP contribution in [0.1, 0.15) is 39.0 Å². The molecule has 16 heavy (non-hydrogen) atoms. The van der Waals surface area contributed by atoms with E-state index >= 15 is 0 Å². The van der Waals surface area contributed by atoms with Gasteiger partial charge in [-0.25, -0.2) is 0 Å². The molecule has 3 heteroatoms. The van der Waals surface area contributed by atoms with Gasteiger partial charge in [-0.2, -0.15) is 5.06 Å². The zero-order chi connectivity index (χ0) is 11.6. The lowest BCUT2D eigenvalue weighted by Gasteiger charge is -2.30. The van der Waals surface area contributed by atoms with E-state index in [9.17, 15) is 0 Å². The van der Waals surface area contributed by atoms with Crippen molar-refractivity contribution < 1.29 is 9.57 Å². The van der Waals surface area contributed by atoms with E-state index in [1.54, 1.807) is 6.08 Å². The molecular weight excluding hydrogens is 202 g/mol. The lowest BCUT2D eigenvalue weighted by molar-refractivity contribution is -0.174. The number of rotatable bonds is 8. The van der Waals surface area contributed by atoms with Crippen molar-refractivity contribution in [3.63, 3.8) is 0 Å². The minimum Gasteiger partial charge on any atom is -0.378 e. The third-order valence-electron chi connectivity index (χ3n) is 2.88. The smallest absolute Gasteiger partial charge is 0.0864 e. The minimum absolute atomic E-state index is 0.445. The Morgan fingerprint density at radius 3 is 2.69 bits per heavy atom. The maximum absolute atomic E-state index is 5.84. The van der Waals surface area contributed by atoms with E-state index in [1.807, 2.05) is 5.06 Å². The summed E-state index contributed by atoms with van der Waals surface area (Å²) in [6, 6.07) is 0. The first-order valence-corrected chi connectivity index (χ1v) is 6.47. The molecule has 0 bridgehead atoms. The molecule has 1 rings (SSSR count). The van der Waals surface area contributed by atoms with E-state index in [0.29, 0.717) is 12.7 Å². The molecule has 0 aliphatic carbocycles. The van der Waals surface area contributed by atoms with Crippen LogP contribution in [0.5, 0.6) is 0 Å². The van der Waals surface area contributed by atoms with Crippen LogP contribution in [0.15, 0.2) is 12.7 Å². The molecule has 0 atom stereocenters. The molecule has 1 aliphatic heterocycles. The van der Waals surface area contributed by atoms with Crippen LogP contribution in [0, 0.1) is 0 Å². The molecule has 0 aromatic rings. The number of piperidine rings is 1. The summed E-state index contributed by atoms with van der Waals surface area (Å²) < 4.78 is 5.84. The molecule has 0 unspecified atom stereocenters. The largest absolute Gasteiger partial charge is 0.378 e. The second-order valence-electron chi connectivity index (χ2n) is 4.29. The Morgan fingerprint density at radius 1 is 1.31 bits per heavy atom. The van der Waals surface area contributed by atoms with Crippen molar-refractivity contribution >= 4 is 0 Å². The highest BCUT2D eigenvalue weighted by molar-refractivity contribution is 4.69. The second-order valence-corrected chi connectivity index (χ2v) is 4.29. The number of hydroxylamine groups is 2. The Bertz CT molecular complexity index is 177. The molecule has 0 saturated carbocycles. The van der Waals surface area contributed by atoms with Gasteiger partial charge in [-0.1, -0.05) is 25.8 Å². The number of nitrogens with zero attached hydrogens (tertiary/aromatic N) is 1. The van der Waals surface area contributed by atoms with Crippen LogP contribution in [-0.2, 0) is 9.57 Å². The van der Waals surface area contributed by atoms with Gasteiger partial charge in [0.2, 0.25) is 0 Å². The fourth-order valence-corrected chi connectivity index (χ4v) is 1.89. The average molecular weight is 227 g/mol. The molecule has 1 fully saturated rings. The van der Waals surface area contributed by atoms with Crippen molar-refractivity contribution in [1.82, 2.24) is 5.06 Å². The van der Waals surface area contributed by atoms with Gasteiger partial charge in [0.05, 0.1) is 12.7 Å². The standard InChI is InChI=1S/C13H25NO2/c1-3-5-6-12-15-13-7-9-14(10-8-13)16-11-4-2/h4,13H,2-3,5-12H2,1H3. The Morgan fingerprint density at radius 2 is 2.06 bits per heavy atom. The van der Waals surface area contributed by atoms with Gasteiger partial charge in [0, 0.05) is 19.7 Å². The highest BCUT2D eigenvalue weighted by atomic mass is 16.7. The summed E-state index contributed by atoms with van der Waals surface area (Å²) >= 11 is 0. The Hall–Kier alpha value is -0.380. The Kier molecular flexibility index (Phi) is 7.47. The molecule has 0 N–H and O–H groups in total. The number of ether oxygens (including phenoxy) is 1. The molecule has 1 aliphatic rings. The fraction of sp³-hybridized carbons (Fsp3) is 0.846. The highest BCUT2D eigenvalue weighted by Gasteiger charge is 2.19. The van der Waals surface area contributed by atoms with Crippen LogP contribution in [0.25, 0.3) is 0 Å². The summed E-state index contributed by atoms with van der Waals surface area (Å²) in [5.41, 5.74) is 0. The van der Waals surface area contributed by atoms with Crippen LogP contribution < -0.4 is 0 Å². The average Bonchev–Trinajstić information content (AvgIpc) is 2.33. The SMILES string of the molecule is C=CCON1CCC(OCCCCC)CC1. The first-order chi connectivity index (χ1) is 7.86. The van der Waals surface area contributed by atoms with Crippen LogP contribution in [0.3, 0.4) is 0 Å². The Labute approximate surface area is 99.4 Å².